The van der Waals surface area contributed by atoms with Gasteiger partial charge in [0, 0.05) is 10.6 Å². The Kier molecular flexibility index (Phi) is 6.92. The second kappa shape index (κ2) is 8.96. The third kappa shape index (κ3) is 5.51. The minimum absolute atomic E-state index is 0.0691. The van der Waals surface area contributed by atoms with Crippen molar-refractivity contribution in [2.45, 2.75) is 15.5 Å². The second-order valence-electron chi connectivity index (χ2n) is 5.19. The number of thioether (sulfide) groups is 1. The summed E-state index contributed by atoms with van der Waals surface area (Å²) in [6.45, 7) is -0.556. The van der Waals surface area contributed by atoms with Crippen LogP contribution in [0.2, 0.25) is 0 Å². The first-order chi connectivity index (χ1) is 12.7. The summed E-state index contributed by atoms with van der Waals surface area (Å²) in [6.07, 6.45) is 1.89. The average molecular weight is 415 g/mol. The minimum atomic E-state index is -4.74. The summed E-state index contributed by atoms with van der Waals surface area (Å²) in [6, 6.07) is 10.9. The van der Waals surface area contributed by atoms with E-state index in [1.165, 1.54) is 11.8 Å². The van der Waals surface area contributed by atoms with Gasteiger partial charge in [-0.15, -0.1) is 11.8 Å². The number of benzene rings is 2. The topological polar surface area (TPSA) is 89.5 Å². The normalized spacial score (nSPS) is 11.3. The molecule has 27 heavy (non-hydrogen) atoms. The van der Waals surface area contributed by atoms with E-state index in [1.807, 2.05) is 12.3 Å². The SMILES string of the molecule is CSc1cccc(NC(=O)COC(=O)c2ccc(S(=O)(=O)C(F)F)cc2)c1. The number of nitrogens with one attached hydrogen (secondary N) is 1. The van der Waals surface area contributed by atoms with E-state index in [4.69, 9.17) is 4.74 Å². The van der Waals surface area contributed by atoms with Gasteiger partial charge in [-0.3, -0.25) is 4.79 Å². The van der Waals surface area contributed by atoms with Crippen LogP contribution in [0.3, 0.4) is 0 Å². The van der Waals surface area contributed by atoms with Gasteiger partial charge in [-0.2, -0.15) is 8.78 Å². The predicted octanol–water partition coefficient (Wildman–Crippen LogP) is 3.20. The smallest absolute Gasteiger partial charge is 0.341 e. The van der Waals surface area contributed by atoms with E-state index in [-0.39, 0.29) is 5.56 Å². The van der Waals surface area contributed by atoms with E-state index in [1.54, 1.807) is 18.2 Å². The number of carbonyl (C=O) groups is 2. The highest BCUT2D eigenvalue weighted by Gasteiger charge is 2.26. The van der Waals surface area contributed by atoms with Gasteiger partial charge in [0.1, 0.15) is 0 Å². The monoisotopic (exact) mass is 415 g/mol. The molecule has 0 atom stereocenters. The molecule has 2 aromatic rings. The lowest BCUT2D eigenvalue weighted by molar-refractivity contribution is -0.119. The van der Waals surface area contributed by atoms with Gasteiger partial charge in [0.2, 0.25) is 9.84 Å². The Morgan fingerprint density at radius 3 is 2.41 bits per heavy atom. The van der Waals surface area contributed by atoms with Gasteiger partial charge in [0.15, 0.2) is 6.61 Å². The number of esters is 1. The maximum atomic E-state index is 12.5. The van der Waals surface area contributed by atoms with Crippen LogP contribution in [0.4, 0.5) is 14.5 Å². The lowest BCUT2D eigenvalue weighted by Gasteiger charge is -2.08. The van der Waals surface area contributed by atoms with Gasteiger partial charge in [-0.05, 0) is 48.7 Å². The zero-order valence-corrected chi connectivity index (χ0v) is 15.6. The molecule has 1 amide bonds. The molecule has 0 unspecified atom stereocenters. The highest BCUT2D eigenvalue weighted by molar-refractivity contribution is 7.98. The van der Waals surface area contributed by atoms with Crippen molar-refractivity contribution in [2.75, 3.05) is 18.2 Å². The van der Waals surface area contributed by atoms with Crippen LogP contribution >= 0.6 is 11.8 Å². The van der Waals surface area contributed by atoms with Crippen molar-refractivity contribution in [1.29, 1.82) is 0 Å². The first-order valence-corrected chi connectivity index (χ1v) is 10.2. The summed E-state index contributed by atoms with van der Waals surface area (Å²) in [5, 5.41) is 2.57. The maximum absolute atomic E-state index is 12.5. The number of halogens is 2. The molecular formula is C17H15F2NO5S2. The van der Waals surface area contributed by atoms with E-state index in [0.717, 1.165) is 29.2 Å². The molecule has 6 nitrogen and oxygen atoms in total. The number of sulfone groups is 1. The molecule has 0 saturated carbocycles. The largest absolute Gasteiger partial charge is 0.452 e. The number of carbonyl (C=O) groups excluding carboxylic acids is 2. The van der Waals surface area contributed by atoms with Gasteiger partial charge < -0.3 is 10.1 Å². The predicted molar refractivity (Wildman–Crippen MR) is 96.8 cm³/mol. The fraction of sp³-hybridized carbons (Fsp3) is 0.176. The van der Waals surface area contributed by atoms with Crippen LogP contribution in [0.5, 0.6) is 0 Å². The standard InChI is InChI=1S/C17H15F2NO5S2/c1-26-13-4-2-3-12(9-13)20-15(21)10-25-16(22)11-5-7-14(8-6-11)27(23,24)17(18)19/h2-9,17H,10H2,1H3,(H,20,21). The molecule has 0 aromatic heterocycles. The van der Waals surface area contributed by atoms with E-state index in [0.29, 0.717) is 5.69 Å². The molecule has 0 bridgehead atoms. The van der Waals surface area contributed by atoms with E-state index in [9.17, 15) is 26.8 Å². The number of anilines is 1. The van der Waals surface area contributed by atoms with Crippen molar-refractivity contribution in [3.63, 3.8) is 0 Å². The number of hydrogen-bond donors (Lipinski definition) is 1. The third-order valence-corrected chi connectivity index (χ3v) is 5.46. The van der Waals surface area contributed by atoms with Gasteiger partial charge in [-0.1, -0.05) is 6.07 Å². The van der Waals surface area contributed by atoms with Crippen LogP contribution in [-0.2, 0) is 19.4 Å². The zero-order chi connectivity index (χ0) is 20.0. The summed E-state index contributed by atoms with van der Waals surface area (Å²) in [4.78, 5) is 24.1. The Morgan fingerprint density at radius 1 is 1.15 bits per heavy atom. The lowest BCUT2D eigenvalue weighted by atomic mass is 10.2. The summed E-state index contributed by atoms with van der Waals surface area (Å²) < 4.78 is 52.4. The average Bonchev–Trinajstić information content (AvgIpc) is 2.66. The summed E-state index contributed by atoms with van der Waals surface area (Å²) >= 11 is 1.50. The zero-order valence-electron chi connectivity index (χ0n) is 14.0. The van der Waals surface area contributed by atoms with Crippen LogP contribution in [-0.4, -0.2) is 38.9 Å². The van der Waals surface area contributed by atoms with Gasteiger partial charge in [0.25, 0.3) is 5.91 Å². The number of amides is 1. The first kappa shape index (κ1) is 20.8. The van der Waals surface area contributed by atoms with Crippen LogP contribution in [0, 0.1) is 0 Å². The van der Waals surface area contributed by atoms with Crippen LogP contribution in [0.15, 0.2) is 58.3 Å². The molecule has 2 rings (SSSR count). The fourth-order valence-corrected chi connectivity index (χ4v) is 3.18. The molecule has 0 heterocycles. The van der Waals surface area contributed by atoms with Crippen molar-refractivity contribution in [3.8, 4) is 0 Å². The van der Waals surface area contributed by atoms with Crippen LogP contribution in [0.1, 0.15) is 10.4 Å². The Labute approximate surface area is 158 Å². The van der Waals surface area contributed by atoms with Gasteiger partial charge in [-0.25, -0.2) is 13.2 Å². The first-order valence-electron chi connectivity index (χ1n) is 7.47. The molecule has 0 spiro atoms. The molecular weight excluding hydrogens is 400 g/mol. The Bertz CT molecular complexity index is 931. The van der Waals surface area contributed by atoms with Crippen molar-refractivity contribution in [2.24, 2.45) is 0 Å². The van der Waals surface area contributed by atoms with Crippen molar-refractivity contribution in [3.05, 3.63) is 54.1 Å². The summed E-state index contributed by atoms with van der Waals surface area (Å²) in [7, 11) is -4.74. The molecule has 1 N–H and O–H groups in total. The number of ether oxygens (including phenoxy) is 1. The van der Waals surface area contributed by atoms with Gasteiger partial charge >= 0.3 is 11.7 Å². The van der Waals surface area contributed by atoms with E-state index >= 15 is 0 Å². The fourth-order valence-electron chi connectivity index (χ4n) is 2.00. The van der Waals surface area contributed by atoms with Gasteiger partial charge in [0.05, 0.1) is 10.5 Å². The lowest BCUT2D eigenvalue weighted by Crippen LogP contribution is -2.21. The quantitative estimate of drug-likeness (QED) is 0.552. The molecule has 0 aliphatic heterocycles. The van der Waals surface area contributed by atoms with Crippen molar-refractivity contribution in [1.82, 2.24) is 0 Å². The molecule has 0 radical (unpaired) electrons. The van der Waals surface area contributed by atoms with E-state index in [2.05, 4.69) is 5.32 Å². The summed E-state index contributed by atoms with van der Waals surface area (Å²) in [5.41, 5.74) is 0.477. The molecule has 0 aliphatic rings. The maximum Gasteiger partial charge on any atom is 0.341 e. The highest BCUT2D eigenvalue weighted by atomic mass is 32.2. The third-order valence-electron chi connectivity index (χ3n) is 3.34. The number of rotatable bonds is 7. The van der Waals surface area contributed by atoms with Crippen LogP contribution < -0.4 is 5.32 Å². The Morgan fingerprint density at radius 2 is 1.81 bits per heavy atom. The molecule has 144 valence electrons. The number of hydrogen-bond acceptors (Lipinski definition) is 6. The van der Waals surface area contributed by atoms with Crippen molar-refractivity contribution < 1.29 is 31.5 Å². The highest BCUT2D eigenvalue weighted by Crippen LogP contribution is 2.20. The molecule has 0 saturated heterocycles. The van der Waals surface area contributed by atoms with Crippen molar-refractivity contribution >= 4 is 39.2 Å². The molecule has 0 fully saturated rings. The Hall–Kier alpha value is -2.46. The molecule has 2 aromatic carbocycles. The minimum Gasteiger partial charge on any atom is -0.452 e. The van der Waals surface area contributed by atoms with E-state index < -0.39 is 39.0 Å². The molecule has 10 heteroatoms. The van der Waals surface area contributed by atoms with Crippen LogP contribution in [0.25, 0.3) is 0 Å². The molecule has 0 aliphatic carbocycles. The number of alkyl halides is 2. The second-order valence-corrected chi connectivity index (χ2v) is 7.98. The summed E-state index contributed by atoms with van der Waals surface area (Å²) in [5.74, 6) is -4.99. The Balaban J connectivity index is 1.94.